The Balaban J connectivity index is 1.98. The lowest BCUT2D eigenvalue weighted by Gasteiger charge is -2.41. The Morgan fingerprint density at radius 1 is 1.29 bits per heavy atom. The third-order valence-corrected chi connectivity index (χ3v) is 5.09. The van der Waals surface area contributed by atoms with Gasteiger partial charge in [0.05, 0.1) is 0 Å². The molecule has 0 radical (unpaired) electrons. The number of nitrogens with zero attached hydrogens (tertiary/aromatic N) is 1. The SMILES string of the molecule is CCSCCN1CC(c2ccccc2)NCC1CC(C)C. The first-order valence-electron chi connectivity index (χ1n) is 8.30. The minimum Gasteiger partial charge on any atom is -0.307 e. The van der Waals surface area contributed by atoms with Crippen LogP contribution in [0.25, 0.3) is 0 Å². The van der Waals surface area contributed by atoms with Gasteiger partial charge in [-0.1, -0.05) is 51.1 Å². The number of benzene rings is 1. The van der Waals surface area contributed by atoms with Crippen LogP contribution in [0.15, 0.2) is 30.3 Å². The predicted octanol–water partition coefficient (Wildman–Crippen LogP) is 3.80. The molecule has 1 heterocycles. The first-order valence-corrected chi connectivity index (χ1v) is 9.46. The van der Waals surface area contributed by atoms with Crippen LogP contribution in [0.5, 0.6) is 0 Å². The molecule has 0 amide bonds. The summed E-state index contributed by atoms with van der Waals surface area (Å²) < 4.78 is 0. The quantitative estimate of drug-likeness (QED) is 0.771. The normalized spacial score (nSPS) is 23.6. The maximum atomic E-state index is 3.76. The van der Waals surface area contributed by atoms with Crippen LogP contribution in [0.1, 0.15) is 38.8 Å². The molecular formula is C18H30N2S. The third-order valence-electron chi connectivity index (χ3n) is 4.21. The smallest absolute Gasteiger partial charge is 0.0449 e. The fourth-order valence-electron chi connectivity index (χ4n) is 3.14. The summed E-state index contributed by atoms with van der Waals surface area (Å²) in [6.07, 6.45) is 1.30. The summed E-state index contributed by atoms with van der Waals surface area (Å²) >= 11 is 2.06. The van der Waals surface area contributed by atoms with Crippen LogP contribution in [0, 0.1) is 5.92 Å². The Hall–Kier alpha value is -0.510. The highest BCUT2D eigenvalue weighted by molar-refractivity contribution is 7.99. The standard InChI is InChI=1S/C18H30N2S/c1-4-21-11-10-20-14-18(16-8-6-5-7-9-16)19-13-17(20)12-15(2)3/h5-9,15,17-19H,4,10-14H2,1-3H3. The molecule has 1 aromatic carbocycles. The van der Waals surface area contributed by atoms with Gasteiger partial charge in [-0.15, -0.1) is 0 Å². The Labute approximate surface area is 134 Å². The van der Waals surface area contributed by atoms with Gasteiger partial charge in [0, 0.05) is 37.5 Å². The largest absolute Gasteiger partial charge is 0.307 e. The van der Waals surface area contributed by atoms with Gasteiger partial charge in [0.2, 0.25) is 0 Å². The molecule has 3 heteroatoms. The van der Waals surface area contributed by atoms with E-state index >= 15 is 0 Å². The molecular weight excluding hydrogens is 276 g/mol. The lowest BCUT2D eigenvalue weighted by molar-refractivity contribution is 0.122. The van der Waals surface area contributed by atoms with E-state index in [-0.39, 0.29) is 0 Å². The fraction of sp³-hybridized carbons (Fsp3) is 0.667. The minimum absolute atomic E-state index is 0.487. The molecule has 1 saturated heterocycles. The summed E-state index contributed by atoms with van der Waals surface area (Å²) in [6, 6.07) is 12.1. The summed E-state index contributed by atoms with van der Waals surface area (Å²) in [4.78, 5) is 2.72. The zero-order chi connectivity index (χ0) is 15.1. The molecule has 0 spiro atoms. The summed E-state index contributed by atoms with van der Waals surface area (Å²) in [7, 11) is 0. The van der Waals surface area contributed by atoms with E-state index in [2.05, 4.69) is 73.1 Å². The predicted molar refractivity (Wildman–Crippen MR) is 95.0 cm³/mol. The molecule has 0 aromatic heterocycles. The van der Waals surface area contributed by atoms with Crippen LogP contribution >= 0.6 is 11.8 Å². The lowest BCUT2D eigenvalue weighted by Crippen LogP contribution is -2.53. The van der Waals surface area contributed by atoms with Crippen molar-refractivity contribution in [1.29, 1.82) is 0 Å². The summed E-state index contributed by atoms with van der Waals surface area (Å²) in [5.41, 5.74) is 1.42. The van der Waals surface area contributed by atoms with E-state index in [1.54, 1.807) is 0 Å². The molecule has 2 unspecified atom stereocenters. The highest BCUT2D eigenvalue weighted by Crippen LogP contribution is 2.23. The number of thioether (sulfide) groups is 1. The van der Waals surface area contributed by atoms with Crippen molar-refractivity contribution in [2.75, 3.05) is 31.1 Å². The molecule has 1 aromatic rings. The molecule has 0 aliphatic carbocycles. The van der Waals surface area contributed by atoms with Crippen LogP contribution < -0.4 is 5.32 Å². The zero-order valence-electron chi connectivity index (χ0n) is 13.7. The number of rotatable bonds is 7. The molecule has 0 saturated carbocycles. The van der Waals surface area contributed by atoms with E-state index in [0.29, 0.717) is 12.1 Å². The van der Waals surface area contributed by atoms with E-state index in [1.807, 2.05) is 0 Å². The average molecular weight is 307 g/mol. The first-order chi connectivity index (χ1) is 10.2. The summed E-state index contributed by atoms with van der Waals surface area (Å²) in [5, 5.41) is 3.76. The number of nitrogens with one attached hydrogen (secondary N) is 1. The maximum absolute atomic E-state index is 3.76. The molecule has 2 nitrogen and oxygen atoms in total. The van der Waals surface area contributed by atoms with Crippen LogP contribution in [-0.2, 0) is 0 Å². The van der Waals surface area contributed by atoms with Gasteiger partial charge >= 0.3 is 0 Å². The molecule has 0 bridgehead atoms. The van der Waals surface area contributed by atoms with Crippen molar-refractivity contribution in [3.8, 4) is 0 Å². The third kappa shape index (κ3) is 5.32. The van der Waals surface area contributed by atoms with E-state index in [0.717, 1.165) is 19.0 Å². The van der Waals surface area contributed by atoms with E-state index in [9.17, 15) is 0 Å². The Bertz CT molecular complexity index is 393. The molecule has 118 valence electrons. The van der Waals surface area contributed by atoms with Crippen LogP contribution in [-0.4, -0.2) is 42.1 Å². The molecule has 1 N–H and O–H groups in total. The second kappa shape index (κ2) is 8.82. The van der Waals surface area contributed by atoms with E-state index < -0.39 is 0 Å². The highest BCUT2D eigenvalue weighted by atomic mass is 32.2. The lowest BCUT2D eigenvalue weighted by atomic mass is 9.96. The Morgan fingerprint density at radius 2 is 2.05 bits per heavy atom. The van der Waals surface area contributed by atoms with E-state index in [4.69, 9.17) is 0 Å². The van der Waals surface area contributed by atoms with Crippen LogP contribution in [0.2, 0.25) is 0 Å². The van der Waals surface area contributed by atoms with Crippen LogP contribution in [0.3, 0.4) is 0 Å². The molecule has 21 heavy (non-hydrogen) atoms. The van der Waals surface area contributed by atoms with Gasteiger partial charge in [-0.25, -0.2) is 0 Å². The van der Waals surface area contributed by atoms with Crippen LogP contribution in [0.4, 0.5) is 0 Å². The number of hydrogen-bond acceptors (Lipinski definition) is 3. The monoisotopic (exact) mass is 306 g/mol. The second-order valence-corrected chi connectivity index (χ2v) is 7.74. The van der Waals surface area contributed by atoms with Crippen molar-refractivity contribution in [1.82, 2.24) is 10.2 Å². The second-order valence-electron chi connectivity index (χ2n) is 6.35. The zero-order valence-corrected chi connectivity index (χ0v) is 14.5. The minimum atomic E-state index is 0.487. The number of hydrogen-bond donors (Lipinski definition) is 1. The molecule has 2 atom stereocenters. The number of piperazine rings is 1. The van der Waals surface area contributed by atoms with Crippen molar-refractivity contribution >= 4 is 11.8 Å². The van der Waals surface area contributed by atoms with Crippen molar-refractivity contribution in [3.63, 3.8) is 0 Å². The van der Waals surface area contributed by atoms with Gasteiger partial charge in [0.1, 0.15) is 0 Å². The van der Waals surface area contributed by atoms with Gasteiger partial charge in [-0.3, -0.25) is 4.90 Å². The van der Waals surface area contributed by atoms with Gasteiger partial charge in [0.25, 0.3) is 0 Å². The van der Waals surface area contributed by atoms with Crippen molar-refractivity contribution in [2.24, 2.45) is 5.92 Å². The molecule has 1 aliphatic heterocycles. The van der Waals surface area contributed by atoms with Gasteiger partial charge in [0.15, 0.2) is 0 Å². The van der Waals surface area contributed by atoms with Crippen molar-refractivity contribution in [2.45, 2.75) is 39.3 Å². The average Bonchev–Trinajstić information content (AvgIpc) is 2.49. The van der Waals surface area contributed by atoms with Gasteiger partial charge in [-0.05, 0) is 23.7 Å². The summed E-state index contributed by atoms with van der Waals surface area (Å²) in [6.45, 7) is 10.4. The topological polar surface area (TPSA) is 15.3 Å². The first kappa shape index (κ1) is 16.9. The molecule has 1 aliphatic rings. The van der Waals surface area contributed by atoms with Gasteiger partial charge in [-0.2, -0.15) is 11.8 Å². The fourth-order valence-corrected chi connectivity index (χ4v) is 3.79. The van der Waals surface area contributed by atoms with E-state index in [1.165, 1.54) is 30.0 Å². The van der Waals surface area contributed by atoms with Gasteiger partial charge < -0.3 is 5.32 Å². The maximum Gasteiger partial charge on any atom is 0.0449 e. The summed E-state index contributed by atoms with van der Waals surface area (Å²) in [5.74, 6) is 3.25. The Morgan fingerprint density at radius 3 is 2.71 bits per heavy atom. The van der Waals surface area contributed by atoms with Crippen molar-refractivity contribution in [3.05, 3.63) is 35.9 Å². The molecule has 1 fully saturated rings. The Kier molecular flexibility index (Phi) is 7.08. The van der Waals surface area contributed by atoms with Crippen molar-refractivity contribution < 1.29 is 0 Å². The highest BCUT2D eigenvalue weighted by Gasteiger charge is 2.28. The molecule has 2 rings (SSSR count).